The second-order valence-corrected chi connectivity index (χ2v) is 6.47. The summed E-state index contributed by atoms with van der Waals surface area (Å²) in [6, 6.07) is 8.63. The molecule has 1 saturated heterocycles. The predicted octanol–water partition coefficient (Wildman–Crippen LogP) is 3.02. The molecule has 26 heavy (non-hydrogen) atoms. The van der Waals surface area contributed by atoms with Crippen LogP contribution in [-0.4, -0.2) is 41.3 Å². The first kappa shape index (κ1) is 22.4. The molecular formula is C18H26Cl2N4O2. The number of hydrogen-bond acceptors (Lipinski definition) is 5. The topological polar surface area (TPSA) is 75.6 Å². The Morgan fingerprint density at radius 2 is 2.00 bits per heavy atom. The second-order valence-electron chi connectivity index (χ2n) is 6.47. The third-order valence-corrected chi connectivity index (χ3v) is 4.32. The molecule has 1 aromatic heterocycles. The summed E-state index contributed by atoms with van der Waals surface area (Å²) in [5.41, 5.74) is 8.28. The van der Waals surface area contributed by atoms with Gasteiger partial charge in [0.05, 0.1) is 12.6 Å². The summed E-state index contributed by atoms with van der Waals surface area (Å²) in [5.74, 6) is 0.306. The van der Waals surface area contributed by atoms with E-state index in [-0.39, 0.29) is 43.3 Å². The van der Waals surface area contributed by atoms with E-state index in [1.54, 1.807) is 0 Å². The zero-order valence-corrected chi connectivity index (χ0v) is 16.7. The molecule has 144 valence electrons. The highest BCUT2D eigenvalue weighted by Crippen LogP contribution is 2.33. The number of likely N-dealkylation sites (tertiary alicyclic amines) is 1. The average molecular weight is 401 g/mol. The molecule has 2 N–H and O–H groups in total. The highest BCUT2D eigenvalue weighted by Gasteiger charge is 2.32. The fourth-order valence-electron chi connectivity index (χ4n) is 3.22. The molecule has 1 fully saturated rings. The van der Waals surface area contributed by atoms with Gasteiger partial charge in [-0.2, -0.15) is 0 Å². The fraction of sp³-hybridized carbons (Fsp3) is 0.444. The first-order chi connectivity index (χ1) is 11.6. The molecule has 0 radical (unpaired) electrons. The van der Waals surface area contributed by atoms with Gasteiger partial charge in [0.1, 0.15) is 6.26 Å². The molecule has 0 aliphatic carbocycles. The van der Waals surface area contributed by atoms with Crippen LogP contribution in [0.25, 0.3) is 0 Å². The van der Waals surface area contributed by atoms with Crippen LogP contribution in [-0.2, 0) is 13.1 Å². The maximum Gasteiger partial charge on any atom is 0.276 e. The number of nitrogens with zero attached hydrogens (tertiary/aromatic N) is 3. The molecule has 1 aromatic carbocycles. The van der Waals surface area contributed by atoms with E-state index < -0.39 is 0 Å². The Labute approximate surface area is 166 Å². The normalized spacial score (nSPS) is 16.3. The van der Waals surface area contributed by atoms with Crippen LogP contribution in [0.2, 0.25) is 0 Å². The molecule has 1 atom stereocenters. The van der Waals surface area contributed by atoms with Gasteiger partial charge in [-0.15, -0.1) is 24.8 Å². The number of benzene rings is 1. The van der Waals surface area contributed by atoms with Crippen LogP contribution in [0, 0.1) is 0 Å². The molecule has 8 heteroatoms. The Morgan fingerprint density at radius 1 is 1.31 bits per heavy atom. The van der Waals surface area contributed by atoms with Gasteiger partial charge in [0.2, 0.25) is 5.89 Å². The van der Waals surface area contributed by atoms with Gasteiger partial charge in [-0.1, -0.05) is 24.3 Å². The monoisotopic (exact) mass is 400 g/mol. The number of rotatable bonds is 5. The number of nitrogens with two attached hydrogens (primary N) is 1. The lowest BCUT2D eigenvalue weighted by atomic mass is 10.0. The van der Waals surface area contributed by atoms with Crippen LogP contribution in [0.3, 0.4) is 0 Å². The van der Waals surface area contributed by atoms with Crippen LogP contribution in [0.15, 0.2) is 34.9 Å². The summed E-state index contributed by atoms with van der Waals surface area (Å²) in [5, 5.41) is 0. The van der Waals surface area contributed by atoms with Crippen molar-refractivity contribution in [2.75, 3.05) is 20.6 Å². The number of oxazole rings is 1. The Morgan fingerprint density at radius 3 is 2.58 bits per heavy atom. The number of aromatic nitrogens is 1. The van der Waals surface area contributed by atoms with Gasteiger partial charge < -0.3 is 20.0 Å². The summed E-state index contributed by atoms with van der Waals surface area (Å²) >= 11 is 0. The van der Waals surface area contributed by atoms with Crippen molar-refractivity contribution in [2.24, 2.45) is 5.73 Å². The third kappa shape index (κ3) is 4.98. The minimum atomic E-state index is -0.0849. The third-order valence-electron chi connectivity index (χ3n) is 4.32. The molecular weight excluding hydrogens is 375 g/mol. The van der Waals surface area contributed by atoms with Crippen molar-refractivity contribution in [3.05, 3.63) is 53.2 Å². The fourth-order valence-corrected chi connectivity index (χ4v) is 3.22. The minimum Gasteiger partial charge on any atom is -0.447 e. The van der Waals surface area contributed by atoms with E-state index in [1.807, 2.05) is 4.90 Å². The van der Waals surface area contributed by atoms with Crippen molar-refractivity contribution in [2.45, 2.75) is 32.0 Å². The zero-order valence-electron chi connectivity index (χ0n) is 15.1. The number of hydrogen-bond donors (Lipinski definition) is 1. The number of halogens is 2. The highest BCUT2D eigenvalue weighted by molar-refractivity contribution is 5.92. The summed E-state index contributed by atoms with van der Waals surface area (Å²) in [7, 11) is 4.11. The lowest BCUT2D eigenvalue weighted by Gasteiger charge is -2.24. The summed E-state index contributed by atoms with van der Waals surface area (Å²) in [6.07, 6.45) is 3.37. The Balaban J connectivity index is 0.00000169. The van der Waals surface area contributed by atoms with Gasteiger partial charge in [0.25, 0.3) is 5.91 Å². The quantitative estimate of drug-likeness (QED) is 0.834. The maximum atomic E-state index is 12.7. The van der Waals surface area contributed by atoms with Crippen molar-refractivity contribution < 1.29 is 9.21 Å². The van der Waals surface area contributed by atoms with Crippen LogP contribution >= 0.6 is 24.8 Å². The SMILES string of the molecule is CN(C)Cc1ccc(C2CCCN2C(=O)c2coc(CN)n2)cc1.Cl.Cl. The van der Waals surface area contributed by atoms with Crippen LogP contribution in [0.5, 0.6) is 0 Å². The lowest BCUT2D eigenvalue weighted by Crippen LogP contribution is -2.30. The molecule has 2 aromatic rings. The van der Waals surface area contributed by atoms with Crippen molar-refractivity contribution in [3.63, 3.8) is 0 Å². The molecule has 0 saturated carbocycles. The molecule has 1 aliphatic rings. The Bertz CT molecular complexity index is 703. The van der Waals surface area contributed by atoms with Gasteiger partial charge in [-0.3, -0.25) is 4.79 Å². The first-order valence-corrected chi connectivity index (χ1v) is 8.27. The smallest absolute Gasteiger partial charge is 0.276 e. The maximum absolute atomic E-state index is 12.7. The van der Waals surface area contributed by atoms with Gasteiger partial charge in [-0.25, -0.2) is 4.98 Å². The Kier molecular flexibility index (Phi) is 8.56. The summed E-state index contributed by atoms with van der Waals surface area (Å²) < 4.78 is 5.20. The van der Waals surface area contributed by atoms with Crippen LogP contribution < -0.4 is 5.73 Å². The number of carbonyl (C=O) groups excluding carboxylic acids is 1. The van der Waals surface area contributed by atoms with Gasteiger partial charge >= 0.3 is 0 Å². The molecule has 1 unspecified atom stereocenters. The van der Waals surface area contributed by atoms with Gasteiger partial charge in [0, 0.05) is 13.1 Å². The number of amides is 1. The lowest BCUT2D eigenvalue weighted by molar-refractivity contribution is 0.0729. The predicted molar refractivity (Wildman–Crippen MR) is 106 cm³/mol. The van der Waals surface area contributed by atoms with E-state index >= 15 is 0 Å². The van der Waals surface area contributed by atoms with E-state index in [9.17, 15) is 4.79 Å². The molecule has 1 amide bonds. The van der Waals surface area contributed by atoms with E-state index in [1.165, 1.54) is 17.4 Å². The van der Waals surface area contributed by atoms with Gasteiger partial charge in [-0.05, 0) is 38.1 Å². The van der Waals surface area contributed by atoms with Crippen molar-refractivity contribution >= 4 is 30.7 Å². The van der Waals surface area contributed by atoms with Gasteiger partial charge in [0.15, 0.2) is 5.69 Å². The van der Waals surface area contributed by atoms with Crippen molar-refractivity contribution in [1.82, 2.24) is 14.8 Å². The van der Waals surface area contributed by atoms with Crippen LogP contribution in [0.1, 0.15) is 46.4 Å². The largest absolute Gasteiger partial charge is 0.447 e. The molecule has 1 aliphatic heterocycles. The zero-order chi connectivity index (χ0) is 17.1. The average Bonchev–Trinajstić information content (AvgIpc) is 3.24. The van der Waals surface area contributed by atoms with Crippen molar-refractivity contribution in [3.8, 4) is 0 Å². The van der Waals surface area contributed by atoms with E-state index in [2.05, 4.69) is 48.2 Å². The van der Waals surface area contributed by atoms with E-state index in [4.69, 9.17) is 10.2 Å². The van der Waals surface area contributed by atoms with E-state index in [0.717, 1.165) is 25.9 Å². The molecule has 2 heterocycles. The first-order valence-electron chi connectivity index (χ1n) is 8.27. The molecule has 0 bridgehead atoms. The highest BCUT2D eigenvalue weighted by atomic mass is 35.5. The summed E-state index contributed by atoms with van der Waals surface area (Å²) in [4.78, 5) is 20.9. The van der Waals surface area contributed by atoms with Crippen molar-refractivity contribution in [1.29, 1.82) is 0 Å². The minimum absolute atomic E-state index is 0. The van der Waals surface area contributed by atoms with E-state index in [0.29, 0.717) is 11.6 Å². The molecule has 6 nitrogen and oxygen atoms in total. The molecule has 0 spiro atoms. The second kappa shape index (κ2) is 9.92. The molecule has 3 rings (SSSR count). The van der Waals surface area contributed by atoms with Crippen LogP contribution in [0.4, 0.5) is 0 Å². The standard InChI is InChI=1S/C18H24N4O2.2ClH/c1-21(2)11-13-5-7-14(8-6-13)16-4-3-9-22(16)18(23)15-12-24-17(10-19)20-15;;/h5-8,12,16H,3-4,9-11,19H2,1-2H3;2*1H. The number of carbonyl (C=O) groups is 1. The summed E-state index contributed by atoms with van der Waals surface area (Å²) in [6.45, 7) is 1.85. The Hall–Kier alpha value is -1.60.